The van der Waals surface area contributed by atoms with Crippen LogP contribution in [-0.2, 0) is 11.3 Å². The molecule has 0 bridgehead atoms. The van der Waals surface area contributed by atoms with Crippen molar-refractivity contribution in [2.45, 2.75) is 6.54 Å². The molecule has 0 heterocycles. The van der Waals surface area contributed by atoms with Crippen LogP contribution in [0, 0.1) is 5.82 Å². The lowest BCUT2D eigenvalue weighted by Gasteiger charge is -2.13. The van der Waals surface area contributed by atoms with Gasteiger partial charge in [0.1, 0.15) is 5.82 Å². The van der Waals surface area contributed by atoms with E-state index in [-0.39, 0.29) is 18.3 Å². The summed E-state index contributed by atoms with van der Waals surface area (Å²) >= 11 is 11.9. The van der Waals surface area contributed by atoms with Gasteiger partial charge in [-0.1, -0.05) is 29.3 Å². The second-order valence-corrected chi connectivity index (χ2v) is 7.13. The number of amides is 1. The van der Waals surface area contributed by atoms with E-state index in [0.29, 0.717) is 33.8 Å². The average Bonchev–Trinajstić information content (AvgIpc) is 2.75. The van der Waals surface area contributed by atoms with Gasteiger partial charge < -0.3 is 20.1 Å². The Labute approximate surface area is 183 Å². The minimum absolute atomic E-state index is 0.214. The van der Waals surface area contributed by atoms with E-state index < -0.39 is 0 Å². The van der Waals surface area contributed by atoms with Gasteiger partial charge in [-0.3, -0.25) is 4.79 Å². The average molecular weight is 449 g/mol. The highest BCUT2D eigenvalue weighted by atomic mass is 35.5. The predicted octanol–water partition coefficient (Wildman–Crippen LogP) is 5.77. The number of halogens is 3. The number of carbonyl (C=O) groups excluding carboxylic acids is 1. The number of rotatable bonds is 8. The molecule has 156 valence electrons. The first-order chi connectivity index (χ1) is 14.4. The van der Waals surface area contributed by atoms with Gasteiger partial charge in [-0.05, 0) is 60.2 Å². The number of benzene rings is 3. The third-order valence-electron chi connectivity index (χ3n) is 4.13. The van der Waals surface area contributed by atoms with Gasteiger partial charge in [0.2, 0.25) is 0 Å². The Bertz CT molecular complexity index is 1030. The fraction of sp³-hybridized carbons (Fsp3) is 0.136. The lowest BCUT2D eigenvalue weighted by atomic mass is 10.2. The molecule has 3 aromatic rings. The molecule has 0 spiro atoms. The quantitative estimate of drug-likeness (QED) is 0.459. The zero-order chi connectivity index (χ0) is 21.5. The molecule has 8 heteroatoms. The summed E-state index contributed by atoms with van der Waals surface area (Å²) in [7, 11) is 1.52. The van der Waals surface area contributed by atoms with Crippen LogP contribution in [0.1, 0.15) is 5.56 Å². The van der Waals surface area contributed by atoms with E-state index in [0.717, 1.165) is 11.3 Å². The van der Waals surface area contributed by atoms with Crippen molar-refractivity contribution in [2.24, 2.45) is 0 Å². The summed E-state index contributed by atoms with van der Waals surface area (Å²) in [4.78, 5) is 12.0. The van der Waals surface area contributed by atoms with Crippen molar-refractivity contribution in [3.8, 4) is 11.5 Å². The first-order valence-electron chi connectivity index (χ1n) is 8.98. The summed E-state index contributed by atoms with van der Waals surface area (Å²) in [5, 5.41) is 6.85. The number of carbonyl (C=O) groups is 1. The zero-order valence-corrected chi connectivity index (χ0v) is 17.6. The maximum Gasteiger partial charge on any atom is 0.262 e. The second-order valence-electron chi connectivity index (χ2n) is 6.31. The Balaban J connectivity index is 1.57. The van der Waals surface area contributed by atoms with Crippen LogP contribution in [0.3, 0.4) is 0 Å². The number of nitrogens with one attached hydrogen (secondary N) is 2. The van der Waals surface area contributed by atoms with Gasteiger partial charge in [0, 0.05) is 17.9 Å². The highest BCUT2D eigenvalue weighted by Gasteiger charge is 2.10. The van der Waals surface area contributed by atoms with E-state index in [4.69, 9.17) is 32.7 Å². The van der Waals surface area contributed by atoms with Gasteiger partial charge in [0.25, 0.3) is 5.91 Å². The van der Waals surface area contributed by atoms with Crippen molar-refractivity contribution in [1.82, 2.24) is 0 Å². The third-order valence-corrected chi connectivity index (χ3v) is 4.87. The van der Waals surface area contributed by atoms with E-state index in [1.54, 1.807) is 18.2 Å². The van der Waals surface area contributed by atoms with Gasteiger partial charge in [0.05, 0.1) is 17.2 Å². The van der Waals surface area contributed by atoms with Gasteiger partial charge in [0.15, 0.2) is 18.1 Å². The Kier molecular flexibility index (Phi) is 7.38. The summed E-state index contributed by atoms with van der Waals surface area (Å²) in [5.74, 6) is 0.194. The Hall–Kier alpha value is -2.96. The van der Waals surface area contributed by atoms with Crippen molar-refractivity contribution in [2.75, 3.05) is 24.4 Å². The number of hydrogen-bond donors (Lipinski definition) is 2. The molecule has 0 saturated heterocycles. The van der Waals surface area contributed by atoms with Crippen molar-refractivity contribution >= 4 is 40.5 Å². The number of anilines is 2. The van der Waals surface area contributed by atoms with Crippen molar-refractivity contribution in [3.05, 3.63) is 82.1 Å². The van der Waals surface area contributed by atoms with Crippen LogP contribution in [0.4, 0.5) is 15.8 Å². The topological polar surface area (TPSA) is 59.6 Å². The molecule has 0 aliphatic carbocycles. The molecule has 0 radical (unpaired) electrons. The van der Waals surface area contributed by atoms with E-state index in [9.17, 15) is 9.18 Å². The summed E-state index contributed by atoms with van der Waals surface area (Å²) < 4.78 is 23.9. The highest BCUT2D eigenvalue weighted by molar-refractivity contribution is 6.42. The molecular formula is C22H19Cl2FN2O3. The van der Waals surface area contributed by atoms with Gasteiger partial charge in [-0.2, -0.15) is 0 Å². The lowest BCUT2D eigenvalue weighted by molar-refractivity contribution is -0.118. The Morgan fingerprint density at radius 2 is 1.67 bits per heavy atom. The molecule has 0 aromatic heterocycles. The van der Waals surface area contributed by atoms with E-state index in [1.807, 2.05) is 18.2 Å². The van der Waals surface area contributed by atoms with Crippen LogP contribution in [0.25, 0.3) is 0 Å². The molecule has 3 aromatic carbocycles. The van der Waals surface area contributed by atoms with Crippen LogP contribution >= 0.6 is 23.2 Å². The molecule has 0 fully saturated rings. The maximum absolute atomic E-state index is 12.9. The van der Waals surface area contributed by atoms with Crippen LogP contribution < -0.4 is 20.1 Å². The van der Waals surface area contributed by atoms with Crippen molar-refractivity contribution in [3.63, 3.8) is 0 Å². The number of ether oxygens (including phenoxy) is 2. The normalized spacial score (nSPS) is 10.4. The molecule has 2 N–H and O–H groups in total. The monoisotopic (exact) mass is 448 g/mol. The number of methoxy groups -OCH3 is 1. The molecule has 0 saturated carbocycles. The smallest absolute Gasteiger partial charge is 0.262 e. The molecule has 5 nitrogen and oxygen atoms in total. The standard InChI is InChI=1S/C22H19Cl2FN2O3/c1-29-21-10-14(12-26-17-7-8-18(23)19(24)11-17)2-9-20(21)30-13-22(28)27-16-5-3-15(25)4-6-16/h2-11,26H,12-13H2,1H3,(H,27,28). The van der Waals surface area contributed by atoms with Gasteiger partial charge in [-0.15, -0.1) is 0 Å². The van der Waals surface area contributed by atoms with Crippen molar-refractivity contribution in [1.29, 1.82) is 0 Å². The summed E-state index contributed by atoms with van der Waals surface area (Å²) in [5.41, 5.74) is 2.27. The first-order valence-corrected chi connectivity index (χ1v) is 9.74. The molecule has 0 aliphatic heterocycles. The molecule has 1 amide bonds. The summed E-state index contributed by atoms with van der Waals surface area (Å²) in [6.07, 6.45) is 0. The molecule has 0 unspecified atom stereocenters. The zero-order valence-electron chi connectivity index (χ0n) is 16.0. The molecule has 0 aliphatic rings. The highest BCUT2D eigenvalue weighted by Crippen LogP contribution is 2.29. The molecule has 0 atom stereocenters. The van der Waals surface area contributed by atoms with Gasteiger partial charge >= 0.3 is 0 Å². The minimum atomic E-state index is -0.372. The van der Waals surface area contributed by atoms with Crippen LogP contribution in [0.2, 0.25) is 10.0 Å². The maximum atomic E-state index is 12.9. The fourth-order valence-electron chi connectivity index (χ4n) is 2.63. The first kappa shape index (κ1) is 21.7. The lowest BCUT2D eigenvalue weighted by Crippen LogP contribution is -2.20. The molecule has 30 heavy (non-hydrogen) atoms. The van der Waals surface area contributed by atoms with E-state index >= 15 is 0 Å². The SMILES string of the molecule is COc1cc(CNc2ccc(Cl)c(Cl)c2)ccc1OCC(=O)Nc1ccc(F)cc1. The fourth-order valence-corrected chi connectivity index (χ4v) is 2.92. The predicted molar refractivity (Wildman–Crippen MR) is 117 cm³/mol. The largest absolute Gasteiger partial charge is 0.493 e. The van der Waals surface area contributed by atoms with Crippen molar-refractivity contribution < 1.29 is 18.7 Å². The Morgan fingerprint density at radius 3 is 2.37 bits per heavy atom. The van der Waals surface area contributed by atoms with Crippen LogP contribution in [0.5, 0.6) is 11.5 Å². The minimum Gasteiger partial charge on any atom is -0.493 e. The van der Waals surface area contributed by atoms with Crippen LogP contribution in [-0.4, -0.2) is 19.6 Å². The second kappa shape index (κ2) is 10.2. The molecule has 3 rings (SSSR count). The third kappa shape index (κ3) is 6.02. The van der Waals surface area contributed by atoms with E-state index in [1.165, 1.54) is 31.4 Å². The van der Waals surface area contributed by atoms with Crippen LogP contribution in [0.15, 0.2) is 60.7 Å². The molecular weight excluding hydrogens is 430 g/mol. The summed E-state index contributed by atoms with van der Waals surface area (Å²) in [6, 6.07) is 16.2. The van der Waals surface area contributed by atoms with E-state index in [2.05, 4.69) is 10.6 Å². The number of hydrogen-bond acceptors (Lipinski definition) is 4. The summed E-state index contributed by atoms with van der Waals surface area (Å²) in [6.45, 7) is 0.314. The Morgan fingerprint density at radius 1 is 0.933 bits per heavy atom. The van der Waals surface area contributed by atoms with Gasteiger partial charge in [-0.25, -0.2) is 4.39 Å².